The van der Waals surface area contributed by atoms with Gasteiger partial charge in [-0.05, 0) is 196 Å². The van der Waals surface area contributed by atoms with E-state index in [0.29, 0.717) is 93.5 Å². The number of aliphatic hydroxyl groups is 1. The van der Waals surface area contributed by atoms with Gasteiger partial charge in [0.25, 0.3) is 0 Å². The number of halogens is 11. The van der Waals surface area contributed by atoms with Crippen LogP contribution in [0.25, 0.3) is 0 Å². The van der Waals surface area contributed by atoms with E-state index in [1.165, 1.54) is 24.8 Å². The number of aliphatic hydroxyl groups excluding tert-OH is 1. The Morgan fingerprint density at radius 1 is 0.560 bits per heavy atom. The average Bonchev–Trinajstić information content (AvgIpc) is 1.60. The largest absolute Gasteiger partial charge is 1.00 e. The molecule has 0 aliphatic carbocycles. The first kappa shape index (κ1) is 71.6. The maximum absolute atomic E-state index is 11.7. The fraction of sp³-hybridized carbons (Fsp3) is 0.424. The normalized spacial score (nSPS) is 20.1. The summed E-state index contributed by atoms with van der Waals surface area (Å²) in [7, 11) is 8.79. The molecule has 91 heavy (non-hydrogen) atoms. The maximum atomic E-state index is 11.7. The molecule has 6 aliphatic heterocycles. The van der Waals surface area contributed by atoms with E-state index in [-0.39, 0.29) is 76.3 Å². The van der Waals surface area contributed by atoms with Crippen molar-refractivity contribution in [3.05, 3.63) is 171 Å². The summed E-state index contributed by atoms with van der Waals surface area (Å²) in [6.45, 7) is 21.0. The molecule has 11 nitrogen and oxygen atoms in total. The molecule has 6 aromatic rings. The quantitative estimate of drug-likeness (QED) is 0.0782. The first-order valence-electron chi connectivity index (χ1n) is 30.5. The number of hydrogen-bond acceptors (Lipinski definition) is 11. The minimum Gasteiger partial charge on any atom is -1.00 e. The summed E-state index contributed by atoms with van der Waals surface area (Å²) in [6.07, 6.45) is -4.76. The number of rotatable bonds is 4. The van der Waals surface area contributed by atoms with Crippen molar-refractivity contribution < 1.29 is 94.0 Å². The Morgan fingerprint density at radius 2 is 0.912 bits per heavy atom. The van der Waals surface area contributed by atoms with Crippen LogP contribution in [-0.4, -0.2) is 75.5 Å². The summed E-state index contributed by atoms with van der Waals surface area (Å²) < 4.78 is 111. The zero-order valence-electron chi connectivity index (χ0n) is 60.6. The van der Waals surface area contributed by atoms with E-state index in [1.807, 2.05) is 18.2 Å². The third-order valence-corrected chi connectivity index (χ3v) is 14.2. The van der Waals surface area contributed by atoms with Crippen LogP contribution in [-0.2, 0) is 58.4 Å². The number of alkyl halides is 3. The second-order valence-corrected chi connectivity index (χ2v) is 29.2. The molecule has 0 bridgehead atoms. The summed E-state index contributed by atoms with van der Waals surface area (Å²) in [6, 6.07) is 25.4. The number of hydrogen-bond donors (Lipinski definition) is 1. The number of ether oxygens (including phenoxy) is 7. The fourth-order valence-electron chi connectivity index (χ4n) is 8.97. The molecule has 1 N–H and O–H groups in total. The molecule has 12 rings (SSSR count). The average molecular weight is 1510 g/mol. The summed E-state index contributed by atoms with van der Waals surface area (Å²) >= 11 is 51.0. The molecule has 6 heterocycles. The SMILES string of the molecule is C.CC1(C)Cc2cc(Cl)ccc2O1.CC1(C)Oc2ccc(Cl)cc2C1=O.COC(Cl)Cl.O=S(Cl)Cl.[2H]C1([2H])c2cc(Cl)cc(C=O)c2OC1(C)C.[2H]C1([2H])c2cc(Cl)cc(CCl)c2OC1(C)C.[2H]C1([2H])c2cc(Cl)cc(CO)c2OC1(C)C.[2H]C1([2H])c2cc(Cl)ccc2OC1(C)C.[B].[H-].[Na+]. The Hall–Kier alpha value is -2.22. The Labute approximate surface area is 630 Å². The molecule has 0 unspecified atom stereocenters. The molecule has 0 aromatic heterocycles. The van der Waals surface area contributed by atoms with E-state index in [2.05, 4.69) is 39.9 Å². The van der Waals surface area contributed by atoms with Crippen molar-refractivity contribution in [3.8, 4) is 34.5 Å². The van der Waals surface area contributed by atoms with Gasteiger partial charge in [-0.25, -0.2) is 4.21 Å². The second kappa shape index (κ2) is 35.9. The smallest absolute Gasteiger partial charge is 1.00 e. The molecule has 0 fully saturated rings. The summed E-state index contributed by atoms with van der Waals surface area (Å²) in [5.41, 5.74) is 0.622. The van der Waals surface area contributed by atoms with E-state index < -0.39 is 67.7 Å². The van der Waals surface area contributed by atoms with Crippen molar-refractivity contribution in [2.45, 2.75) is 174 Å². The zero-order chi connectivity index (χ0) is 73.2. The van der Waals surface area contributed by atoms with Crippen LogP contribution in [0.1, 0.15) is 163 Å². The summed E-state index contributed by atoms with van der Waals surface area (Å²) in [4.78, 5) is 22.6. The van der Waals surface area contributed by atoms with Crippen LogP contribution < -0.4 is 58.0 Å². The zero-order valence-corrected chi connectivity index (χ0v) is 62.7. The number of methoxy groups -OCH3 is 1. The van der Waals surface area contributed by atoms with Crippen molar-refractivity contribution in [2.24, 2.45) is 0 Å². The van der Waals surface area contributed by atoms with Gasteiger partial charge in [0.1, 0.15) is 62.5 Å². The molecule has 493 valence electrons. The number of fused-ring (bicyclic) bond motifs is 6. The van der Waals surface area contributed by atoms with Gasteiger partial charge in [-0.1, -0.05) is 100 Å². The van der Waals surface area contributed by atoms with Crippen LogP contribution in [0, 0.1) is 0 Å². The van der Waals surface area contributed by atoms with E-state index in [0.717, 1.165) is 22.8 Å². The molecule has 0 saturated heterocycles. The van der Waals surface area contributed by atoms with Crippen molar-refractivity contribution in [2.75, 3.05) is 7.11 Å². The van der Waals surface area contributed by atoms with E-state index in [4.69, 9.17) is 148 Å². The van der Waals surface area contributed by atoms with Crippen molar-refractivity contribution in [3.63, 3.8) is 0 Å². The number of ketones is 1. The molecule has 0 spiro atoms. The Morgan fingerprint density at radius 3 is 1.36 bits per heavy atom. The van der Waals surface area contributed by atoms with Gasteiger partial charge in [0.15, 0.2) is 11.9 Å². The van der Waals surface area contributed by atoms with Crippen LogP contribution in [0.15, 0.2) is 91.0 Å². The molecular formula is C66H76BCl11NaO11S. The van der Waals surface area contributed by atoms with Crippen LogP contribution in [0.3, 0.4) is 0 Å². The number of benzene rings is 6. The molecule has 6 aromatic carbocycles. The number of carbonyl (C=O) groups is 2. The van der Waals surface area contributed by atoms with Gasteiger partial charge in [0.2, 0.25) is 20.0 Å². The Balaban J connectivity index is 0.000000582. The second-order valence-electron chi connectivity index (χ2n) is 22.8. The minimum absolute atomic E-state index is 0. The Bertz CT molecular complexity index is 3810. The van der Waals surface area contributed by atoms with Crippen LogP contribution >= 0.6 is 126 Å². The summed E-state index contributed by atoms with van der Waals surface area (Å²) in [5.74, 6) is 3.69. The first-order valence-corrected chi connectivity index (χ1v) is 33.0. The molecule has 0 saturated carbocycles. The summed E-state index contributed by atoms with van der Waals surface area (Å²) in [5, 5.41) is 11.7. The van der Waals surface area contributed by atoms with Gasteiger partial charge < -0.3 is 39.7 Å². The van der Waals surface area contributed by atoms with Gasteiger partial charge in [0.05, 0.1) is 23.6 Å². The number of Topliss-reactive ketones (excluding diaryl/α,β-unsaturated/α-hetero) is 1. The standard InChI is InChI=1S/C11H12Cl2O.C11H13ClO2.C11H11ClO2.C10H9ClO2.2C10H11ClO.C2H4Cl2O.CH4.B.Cl2OS.Na.H/c1-11(2)5-7-3-9(13)4-8(6-12)10(7)14-11;2*1-11(2)5-7-3-9(12)4-8(6-13)10(7)14-11;1-10(2)9(12)7-5-6(11)3-4-8(7)13-10;2*1-10(2)6-7-5-8(11)3-4-9(7)12-10;1-5-2(3)4;;;1-4(2)3;;/h3-4H,5-6H2,1-2H3;3-4,13H,5-6H2,1-2H3;3-4,6H,5H2,1-2H3;3-5H,1-2H3;2*3-5H,6H2,1-2H3;2H,1H3;1H4;;;;/q;;;;;;;;;;+1;-1/i3*5D2;;6D2;;;;;;;. The van der Waals surface area contributed by atoms with Crippen LogP contribution in [0.5, 0.6) is 34.5 Å². The molecule has 6 aliphatic rings. The first-order chi connectivity index (χ1) is 43.8. The van der Waals surface area contributed by atoms with Crippen molar-refractivity contribution in [1.29, 1.82) is 0 Å². The van der Waals surface area contributed by atoms with Crippen molar-refractivity contribution >= 4 is 155 Å². The van der Waals surface area contributed by atoms with E-state index in [9.17, 15) is 14.7 Å². The molecule has 25 heteroatoms. The topological polar surface area (TPSA) is 136 Å². The van der Waals surface area contributed by atoms with Gasteiger partial charge >= 0.3 is 29.6 Å². The van der Waals surface area contributed by atoms with Crippen LogP contribution in [0.4, 0.5) is 0 Å². The maximum Gasteiger partial charge on any atom is 1.00 e. The predicted molar refractivity (Wildman–Crippen MR) is 377 cm³/mol. The van der Waals surface area contributed by atoms with Crippen LogP contribution in [0.2, 0.25) is 30.1 Å². The number of carbonyl (C=O) groups excluding carboxylic acids is 2. The van der Waals surface area contributed by atoms with E-state index >= 15 is 0 Å². The van der Waals surface area contributed by atoms with Gasteiger partial charge in [0, 0.05) is 127 Å². The fourth-order valence-corrected chi connectivity index (χ4v) is 10.4. The molecular weight excluding hydrogens is 1420 g/mol. The minimum atomic E-state index is -1.67. The molecule has 0 atom stereocenters. The van der Waals surface area contributed by atoms with E-state index in [1.54, 1.807) is 130 Å². The molecule has 3 radical (unpaired) electrons. The third kappa shape index (κ3) is 25.9. The third-order valence-electron chi connectivity index (χ3n) is 12.2. The van der Waals surface area contributed by atoms with Crippen molar-refractivity contribution in [1.82, 2.24) is 0 Å². The Kier molecular flexibility index (Phi) is 28.2. The van der Waals surface area contributed by atoms with Gasteiger partial charge in [-0.2, -0.15) is 0 Å². The van der Waals surface area contributed by atoms with Gasteiger partial charge in [-0.15, -0.1) is 11.6 Å². The molecule has 0 amide bonds. The van der Waals surface area contributed by atoms with Gasteiger partial charge in [-0.3, -0.25) is 9.59 Å². The predicted octanol–water partition coefficient (Wildman–Crippen LogP) is 17.8. The monoisotopic (exact) mass is 1500 g/mol. The number of aldehydes is 1.